The fourth-order valence-corrected chi connectivity index (χ4v) is 0.921. The molecule has 0 N–H and O–H groups in total. The predicted molar refractivity (Wildman–Crippen MR) is 39.6 cm³/mol. The summed E-state index contributed by atoms with van der Waals surface area (Å²) in [7, 11) is 0. The zero-order chi connectivity index (χ0) is 7.23. The molecule has 0 aliphatic heterocycles. The van der Waals surface area contributed by atoms with Crippen molar-refractivity contribution in [1.29, 1.82) is 0 Å². The topological polar surface area (TPSA) is 23.1 Å². The molecule has 0 aliphatic rings. The van der Waals surface area contributed by atoms with Crippen molar-refractivity contribution in [2.45, 2.75) is 12.8 Å². The molecule has 1 aromatic rings. The normalized spacial score (nSPS) is 8.82. The quantitative estimate of drug-likeness (QED) is 0.485. The minimum Gasteiger partial charge on any atom is -0.854 e. The van der Waals surface area contributed by atoms with Crippen molar-refractivity contribution in [3.63, 3.8) is 0 Å². The Hall–Kier alpha value is 0.816. The third kappa shape index (κ3) is 5.12. The Morgan fingerprint density at radius 1 is 1.09 bits per heavy atom. The molecule has 0 atom stereocenters. The summed E-state index contributed by atoms with van der Waals surface area (Å²) in [6.45, 7) is 0.0366. The fraction of sp³-hybridized carbons (Fsp3) is 0.333. The number of rotatable bonds is 3. The summed E-state index contributed by atoms with van der Waals surface area (Å²) in [5.41, 5.74) is 1.26. The minimum atomic E-state index is 0. The van der Waals surface area contributed by atoms with Crippen LogP contribution >= 0.6 is 0 Å². The second-order valence-corrected chi connectivity index (χ2v) is 2.29. The first-order chi connectivity index (χ1) is 4.93. The summed E-state index contributed by atoms with van der Waals surface area (Å²) in [4.78, 5) is 0. The van der Waals surface area contributed by atoms with Gasteiger partial charge in [-0.25, -0.2) is 0 Å². The molecule has 54 valence electrons. The van der Waals surface area contributed by atoms with Gasteiger partial charge in [0.15, 0.2) is 0 Å². The molecule has 0 saturated carbocycles. The maximum atomic E-state index is 10.1. The van der Waals surface area contributed by atoms with Gasteiger partial charge in [0.1, 0.15) is 0 Å². The van der Waals surface area contributed by atoms with Gasteiger partial charge in [0.05, 0.1) is 0 Å². The second kappa shape index (κ2) is 7.46. The Kier molecular flexibility index (Phi) is 8.02. The van der Waals surface area contributed by atoms with Crippen LogP contribution in [0.5, 0.6) is 0 Å². The summed E-state index contributed by atoms with van der Waals surface area (Å²) in [6.07, 6.45) is 1.67. The maximum Gasteiger partial charge on any atom is 1.00 e. The monoisotopic (exact) mass is 174 g/mol. The third-order valence-electron chi connectivity index (χ3n) is 1.45. The van der Waals surface area contributed by atoms with Gasteiger partial charge in [-0.05, 0) is 12.0 Å². The van der Waals surface area contributed by atoms with Crippen molar-refractivity contribution < 1.29 is 56.5 Å². The Morgan fingerprint density at radius 2 is 1.73 bits per heavy atom. The van der Waals surface area contributed by atoms with Gasteiger partial charge in [-0.1, -0.05) is 36.8 Å². The van der Waals surface area contributed by atoms with Crippen molar-refractivity contribution in [2.75, 3.05) is 6.61 Å². The van der Waals surface area contributed by atoms with Gasteiger partial charge in [-0.2, -0.15) is 0 Å². The standard InChI is InChI=1S/C9H11O.K/c10-8-4-7-9-5-2-1-3-6-9;/h1-3,5-6H,4,7-8H2;/q-1;+1. The average Bonchev–Trinajstić information content (AvgIpc) is 2.03. The van der Waals surface area contributed by atoms with Crippen LogP contribution in [0.25, 0.3) is 0 Å². The van der Waals surface area contributed by atoms with Gasteiger partial charge in [-0.15, -0.1) is 6.61 Å². The molecular formula is C9H11KO. The van der Waals surface area contributed by atoms with Crippen molar-refractivity contribution in [2.24, 2.45) is 0 Å². The van der Waals surface area contributed by atoms with E-state index in [-0.39, 0.29) is 58.0 Å². The molecule has 0 aliphatic carbocycles. The molecule has 0 amide bonds. The van der Waals surface area contributed by atoms with Gasteiger partial charge in [0, 0.05) is 0 Å². The molecule has 0 fully saturated rings. The van der Waals surface area contributed by atoms with E-state index in [4.69, 9.17) is 0 Å². The van der Waals surface area contributed by atoms with Crippen LogP contribution in [-0.4, -0.2) is 6.61 Å². The summed E-state index contributed by atoms with van der Waals surface area (Å²) >= 11 is 0. The van der Waals surface area contributed by atoms with E-state index >= 15 is 0 Å². The van der Waals surface area contributed by atoms with E-state index in [0.717, 1.165) is 12.8 Å². The van der Waals surface area contributed by atoms with E-state index in [1.807, 2.05) is 18.2 Å². The number of hydrogen-bond acceptors (Lipinski definition) is 1. The van der Waals surface area contributed by atoms with E-state index in [9.17, 15) is 5.11 Å². The first kappa shape index (κ1) is 11.8. The second-order valence-electron chi connectivity index (χ2n) is 2.29. The molecule has 11 heavy (non-hydrogen) atoms. The van der Waals surface area contributed by atoms with Crippen molar-refractivity contribution in [3.05, 3.63) is 35.9 Å². The molecule has 1 nitrogen and oxygen atoms in total. The Bertz CT molecular complexity index is 174. The van der Waals surface area contributed by atoms with Crippen molar-refractivity contribution >= 4 is 0 Å². The van der Waals surface area contributed by atoms with Gasteiger partial charge in [0.2, 0.25) is 0 Å². The molecule has 1 aromatic carbocycles. The number of benzene rings is 1. The molecule has 1 rings (SSSR count). The number of aryl methyl sites for hydroxylation is 1. The Labute approximate surface area is 110 Å². The predicted octanol–water partition coefficient (Wildman–Crippen LogP) is -2.02. The van der Waals surface area contributed by atoms with Gasteiger partial charge < -0.3 is 5.11 Å². The van der Waals surface area contributed by atoms with Crippen molar-refractivity contribution in [1.82, 2.24) is 0 Å². The van der Waals surface area contributed by atoms with E-state index in [1.165, 1.54) is 5.56 Å². The zero-order valence-electron chi connectivity index (χ0n) is 6.92. The van der Waals surface area contributed by atoms with Crippen LogP contribution in [0.2, 0.25) is 0 Å². The van der Waals surface area contributed by atoms with E-state index in [2.05, 4.69) is 12.1 Å². The van der Waals surface area contributed by atoms with E-state index in [0.29, 0.717) is 0 Å². The van der Waals surface area contributed by atoms with Crippen LogP contribution in [0.4, 0.5) is 0 Å². The largest absolute Gasteiger partial charge is 1.00 e. The van der Waals surface area contributed by atoms with Crippen LogP contribution in [0, 0.1) is 0 Å². The number of hydrogen-bond donors (Lipinski definition) is 0. The third-order valence-corrected chi connectivity index (χ3v) is 1.45. The molecule has 0 aromatic heterocycles. The van der Waals surface area contributed by atoms with E-state index in [1.54, 1.807) is 0 Å². The van der Waals surface area contributed by atoms with Crippen LogP contribution in [0.3, 0.4) is 0 Å². The first-order valence-electron chi connectivity index (χ1n) is 3.55. The minimum absolute atomic E-state index is 0. The molecule has 0 bridgehead atoms. The van der Waals surface area contributed by atoms with Gasteiger partial charge in [-0.3, -0.25) is 0 Å². The van der Waals surface area contributed by atoms with E-state index < -0.39 is 0 Å². The van der Waals surface area contributed by atoms with Crippen molar-refractivity contribution in [3.8, 4) is 0 Å². The first-order valence-corrected chi connectivity index (χ1v) is 3.55. The summed E-state index contributed by atoms with van der Waals surface area (Å²) in [5, 5.41) is 10.1. The molecule has 0 spiro atoms. The Morgan fingerprint density at radius 3 is 2.27 bits per heavy atom. The SMILES string of the molecule is [K+].[O-]CCCc1ccccc1. The summed E-state index contributed by atoms with van der Waals surface area (Å²) in [5.74, 6) is 0. The van der Waals surface area contributed by atoms with Crippen LogP contribution < -0.4 is 56.5 Å². The molecule has 2 heteroatoms. The average molecular weight is 174 g/mol. The van der Waals surface area contributed by atoms with Gasteiger partial charge in [0.25, 0.3) is 0 Å². The molecule has 0 radical (unpaired) electrons. The summed E-state index contributed by atoms with van der Waals surface area (Å²) < 4.78 is 0. The molecule has 0 unspecified atom stereocenters. The van der Waals surface area contributed by atoms with Crippen LogP contribution in [-0.2, 0) is 6.42 Å². The molecule has 0 heterocycles. The fourth-order valence-electron chi connectivity index (χ4n) is 0.921. The smallest absolute Gasteiger partial charge is 0.854 e. The van der Waals surface area contributed by atoms with Crippen LogP contribution in [0.1, 0.15) is 12.0 Å². The van der Waals surface area contributed by atoms with Gasteiger partial charge >= 0.3 is 51.4 Å². The molecular weight excluding hydrogens is 163 g/mol. The maximum absolute atomic E-state index is 10.1. The zero-order valence-corrected chi connectivity index (χ0v) is 10.0. The van der Waals surface area contributed by atoms with Crippen LogP contribution in [0.15, 0.2) is 30.3 Å². The summed E-state index contributed by atoms with van der Waals surface area (Å²) in [6, 6.07) is 10.1. The molecule has 0 saturated heterocycles. The Balaban J connectivity index is 0.000001000.